The molecule has 6 atom stereocenters. The zero-order valence-electron chi connectivity index (χ0n) is 28.8. The molecule has 4 aliphatic rings. The van der Waals surface area contributed by atoms with Crippen LogP contribution in [0.1, 0.15) is 93.6 Å². The summed E-state index contributed by atoms with van der Waals surface area (Å²) in [4.78, 5) is 36.1. The molecule has 246 valence electrons. The van der Waals surface area contributed by atoms with Gasteiger partial charge in [-0.2, -0.15) is 11.4 Å². The Hall–Kier alpha value is -3.21. The summed E-state index contributed by atoms with van der Waals surface area (Å²) >= 11 is 0. The summed E-state index contributed by atoms with van der Waals surface area (Å²) in [6.45, 7) is 14.7. The number of hydrogen-bond acceptors (Lipinski definition) is 5. The van der Waals surface area contributed by atoms with E-state index in [0.29, 0.717) is 34.9 Å². The van der Waals surface area contributed by atoms with Gasteiger partial charge in [0.05, 0.1) is 19.8 Å². The fourth-order valence-corrected chi connectivity index (χ4v) is 8.00. The van der Waals surface area contributed by atoms with Crippen molar-refractivity contribution in [2.45, 2.75) is 86.3 Å². The largest absolute Gasteiger partial charge is 2.00 e. The van der Waals surface area contributed by atoms with Crippen LogP contribution in [0.25, 0.3) is 28.4 Å². The molecule has 0 aromatic carbocycles. The van der Waals surface area contributed by atoms with Gasteiger partial charge in [-0.05, 0) is 70.3 Å². The van der Waals surface area contributed by atoms with Crippen molar-refractivity contribution in [2.24, 2.45) is 23.7 Å². The predicted octanol–water partition coefficient (Wildman–Crippen LogP) is 4.49. The van der Waals surface area contributed by atoms with E-state index >= 15 is 0 Å². The van der Waals surface area contributed by atoms with Crippen molar-refractivity contribution < 1.29 is 24.2 Å². The van der Waals surface area contributed by atoms with E-state index in [1.54, 1.807) is 6.92 Å². The molecule has 6 rings (SSSR count). The van der Waals surface area contributed by atoms with Crippen molar-refractivity contribution >= 4 is 52.7 Å². The third-order valence-corrected chi connectivity index (χ3v) is 10.6. The van der Waals surface area contributed by atoms with E-state index in [1.165, 1.54) is 12.7 Å². The molecule has 2 aromatic rings. The third-order valence-electron chi connectivity index (χ3n) is 10.6. The zero-order valence-corrected chi connectivity index (χ0v) is 30.2. The molecule has 0 saturated carbocycles. The third kappa shape index (κ3) is 5.80. The summed E-state index contributed by atoms with van der Waals surface area (Å²) in [7, 11) is 1.34. The Balaban J connectivity index is 0.00000433. The average Bonchev–Trinajstić information content (AvgIpc) is 3.77. The van der Waals surface area contributed by atoms with Crippen LogP contribution in [-0.2, 0) is 25.5 Å². The van der Waals surface area contributed by atoms with E-state index in [4.69, 9.17) is 30.1 Å². The van der Waals surface area contributed by atoms with E-state index in [9.17, 15) is 14.7 Å². The number of aliphatic hydroxyl groups excluding tert-OH is 1. The summed E-state index contributed by atoms with van der Waals surface area (Å²) in [5, 5.41) is 23.5. The van der Waals surface area contributed by atoms with Gasteiger partial charge in [-0.1, -0.05) is 72.9 Å². The quantitative estimate of drug-likeness (QED) is 0.346. The predicted molar refractivity (Wildman–Crippen MR) is 182 cm³/mol. The first kappa shape index (κ1) is 35.1. The second kappa shape index (κ2) is 13.7. The normalized spacial score (nSPS) is 28.7. The molecule has 8 bridgehead atoms. The molecular formula is C37H44MgN4O5-2. The summed E-state index contributed by atoms with van der Waals surface area (Å²) in [6, 6.07) is -0.498. The van der Waals surface area contributed by atoms with Crippen molar-refractivity contribution in [3.05, 3.63) is 83.7 Å². The summed E-state index contributed by atoms with van der Waals surface area (Å²) in [5.74, 6) is -1.77. The van der Waals surface area contributed by atoms with Gasteiger partial charge in [0.25, 0.3) is 0 Å². The number of nitrogens with zero attached hydrogens (tertiary/aromatic N) is 4. The van der Waals surface area contributed by atoms with Gasteiger partial charge in [-0.25, -0.2) is 0 Å². The molecule has 0 spiro atoms. The van der Waals surface area contributed by atoms with Gasteiger partial charge in [-0.3, -0.25) is 9.59 Å². The van der Waals surface area contributed by atoms with Crippen LogP contribution in [0, 0.1) is 37.5 Å². The Kier molecular flexibility index (Phi) is 10.2. The number of methoxy groups -OCH3 is 1. The molecule has 9 nitrogen and oxygen atoms in total. The van der Waals surface area contributed by atoms with Gasteiger partial charge < -0.3 is 35.2 Å². The molecule has 1 saturated heterocycles. The van der Waals surface area contributed by atoms with Gasteiger partial charge >= 0.3 is 35.0 Å². The topological polar surface area (TPSA) is 129 Å². The standard InChI is InChI=1S/C37H44N4O5.Mg/c1-9-21-17(4)24-14-26-19(6)23(12-13-30(42)46-11-3)34(40-26)32-33(37(44)45-8)36(43)31-20(7)27(41-35(31)32)16-29-22(10-2)18(5)25(39-29)15-28(21)38-24;/h14-16,19,21,23,33-34,36,43H,9-13H2,1-8H3;/q-4;+2/b26-14-,27-16-,28-15-;/t19-,21-,23-,33+,34?,36-;/m0./s1. The number of carbonyl (C=O) groups is 2. The van der Waals surface area contributed by atoms with E-state index in [0.717, 1.165) is 58.0 Å². The van der Waals surface area contributed by atoms with E-state index < -0.39 is 24.0 Å². The molecule has 10 heteroatoms. The second-order valence-electron chi connectivity index (χ2n) is 12.9. The summed E-state index contributed by atoms with van der Waals surface area (Å²) in [6.07, 6.45) is 7.51. The van der Waals surface area contributed by atoms with Crippen molar-refractivity contribution in [2.75, 3.05) is 13.7 Å². The number of ether oxygens (including phenoxy) is 2. The van der Waals surface area contributed by atoms with E-state index in [2.05, 4.69) is 46.8 Å². The van der Waals surface area contributed by atoms with Crippen molar-refractivity contribution in [3.8, 4) is 0 Å². The minimum atomic E-state index is -1.13. The molecule has 1 fully saturated rings. The number of rotatable bonds is 7. The smallest absolute Gasteiger partial charge is 0.681 e. The fraction of sp³-hybridized carbons (Fsp3) is 0.514. The van der Waals surface area contributed by atoms with Crippen molar-refractivity contribution in [1.29, 1.82) is 0 Å². The van der Waals surface area contributed by atoms with Crippen LogP contribution in [0.15, 0.2) is 28.7 Å². The van der Waals surface area contributed by atoms with Crippen LogP contribution < -0.4 is 20.7 Å². The first-order valence-electron chi connectivity index (χ1n) is 16.6. The fourth-order valence-electron chi connectivity index (χ4n) is 8.00. The first-order valence-corrected chi connectivity index (χ1v) is 16.6. The second-order valence-corrected chi connectivity index (χ2v) is 12.9. The van der Waals surface area contributed by atoms with Gasteiger partial charge in [0.15, 0.2) is 0 Å². The maximum atomic E-state index is 13.4. The number of esters is 2. The number of fused-ring (bicyclic) bond motifs is 8. The molecule has 0 radical (unpaired) electrons. The maximum absolute atomic E-state index is 13.4. The number of aromatic nitrogens is 2. The number of aliphatic hydroxyl groups is 1. The molecule has 47 heavy (non-hydrogen) atoms. The number of carbonyl (C=O) groups excluding carboxylic acids is 2. The Morgan fingerprint density at radius 2 is 1.72 bits per heavy atom. The van der Waals surface area contributed by atoms with Gasteiger partial charge in [0.2, 0.25) is 0 Å². The monoisotopic (exact) mass is 648 g/mol. The van der Waals surface area contributed by atoms with Crippen LogP contribution in [0.5, 0.6) is 0 Å². The molecule has 5 heterocycles. The summed E-state index contributed by atoms with van der Waals surface area (Å²) in [5.41, 5.74) is 10.0. The molecule has 1 N–H and O–H groups in total. The maximum Gasteiger partial charge on any atom is 2.00 e. The molecule has 0 amide bonds. The average molecular weight is 649 g/mol. The van der Waals surface area contributed by atoms with Crippen LogP contribution >= 0.6 is 0 Å². The van der Waals surface area contributed by atoms with Gasteiger partial charge in [0.1, 0.15) is 5.92 Å². The Bertz CT molecular complexity index is 1810. The van der Waals surface area contributed by atoms with Crippen LogP contribution in [0.2, 0.25) is 0 Å². The van der Waals surface area contributed by atoms with Crippen LogP contribution in [-0.4, -0.2) is 59.9 Å². The van der Waals surface area contributed by atoms with E-state index in [-0.39, 0.29) is 53.2 Å². The minimum Gasteiger partial charge on any atom is -0.681 e. The minimum absolute atomic E-state index is 0. The molecule has 1 aliphatic carbocycles. The van der Waals surface area contributed by atoms with Gasteiger partial charge in [-0.15, -0.1) is 27.8 Å². The molecule has 1 unspecified atom stereocenters. The molecule has 2 aromatic heterocycles. The zero-order chi connectivity index (χ0) is 33.0. The first-order chi connectivity index (χ1) is 22.0. The number of hydrogen-bond donors (Lipinski definition) is 1. The van der Waals surface area contributed by atoms with Crippen molar-refractivity contribution in [3.63, 3.8) is 0 Å². The molecular weight excluding hydrogens is 605 g/mol. The Morgan fingerprint density at radius 1 is 0.979 bits per heavy atom. The van der Waals surface area contributed by atoms with Gasteiger partial charge in [0, 0.05) is 6.42 Å². The Labute approximate surface area is 293 Å². The van der Waals surface area contributed by atoms with Crippen molar-refractivity contribution in [1.82, 2.24) is 9.97 Å². The molecule has 3 aliphatic heterocycles. The SMILES string of the molecule is CCOC(=O)CC[C@@H]1C2[N-]/C(=C\C3=C(C)[C@H](CC)/C(=C/c4[n-]c(c(CC)c4C)/C=c4\[n-]c5c(c4C)[C@H](O)[C@H](C(=O)OC)C=52)[N-]3)[C@H]1C.[Mg+2]. The van der Waals surface area contributed by atoms with E-state index in [1.807, 2.05) is 13.0 Å². The summed E-state index contributed by atoms with van der Waals surface area (Å²) < 4.78 is 10.5. The number of allylic oxidation sites excluding steroid dienone is 3. The Morgan fingerprint density at radius 3 is 2.38 bits per heavy atom. The van der Waals surface area contributed by atoms with Crippen LogP contribution in [0.4, 0.5) is 0 Å². The van der Waals surface area contributed by atoms with Crippen LogP contribution in [0.3, 0.4) is 0 Å².